The van der Waals surface area contributed by atoms with E-state index in [1.165, 1.54) is 116 Å². The predicted molar refractivity (Wildman–Crippen MR) is 272 cm³/mol. The zero-order valence-corrected chi connectivity index (χ0v) is 38.7. The van der Waals surface area contributed by atoms with Crippen LogP contribution in [-0.2, 0) is 28.1 Å². The lowest BCUT2D eigenvalue weighted by atomic mass is 9.62. The Morgan fingerprint density at radius 2 is 1.03 bits per heavy atom. The average Bonchev–Trinajstić information content (AvgIpc) is 3.99. The van der Waals surface area contributed by atoms with E-state index in [9.17, 15) is 0 Å². The summed E-state index contributed by atoms with van der Waals surface area (Å²) in [5, 5.41) is 2.73. The van der Waals surface area contributed by atoms with Crippen LogP contribution in [0.15, 0.2) is 164 Å². The van der Waals surface area contributed by atoms with Crippen molar-refractivity contribution in [3.8, 4) is 33.4 Å². The van der Waals surface area contributed by atoms with Gasteiger partial charge in [0.05, 0.1) is 5.41 Å². The van der Waals surface area contributed by atoms with Crippen LogP contribution in [0.25, 0.3) is 53.6 Å². The first-order valence-electron chi connectivity index (χ1n) is 23.6. The summed E-state index contributed by atoms with van der Waals surface area (Å²) < 4.78 is 2.75. The highest BCUT2D eigenvalue weighted by atomic mass is 32.1. The molecule has 1 spiro atoms. The van der Waals surface area contributed by atoms with E-state index < -0.39 is 0 Å². The molecule has 0 N–H and O–H groups in total. The molecule has 1 aromatic heterocycles. The Morgan fingerprint density at radius 1 is 0.438 bits per heavy atom. The van der Waals surface area contributed by atoms with Gasteiger partial charge in [-0.15, -0.1) is 11.3 Å². The van der Waals surface area contributed by atoms with Crippen LogP contribution in [0, 0.1) is 0 Å². The summed E-state index contributed by atoms with van der Waals surface area (Å²) in [5.74, 6) is 0.175. The van der Waals surface area contributed by atoms with Gasteiger partial charge in [0.1, 0.15) is 0 Å². The van der Waals surface area contributed by atoms with Gasteiger partial charge in [-0.3, -0.25) is 0 Å². The molecule has 0 fully saturated rings. The Hall–Kier alpha value is -6.02. The predicted octanol–water partition coefficient (Wildman–Crippen LogP) is 16.8. The number of hydrogen-bond donors (Lipinski definition) is 0. The molecule has 0 aliphatic heterocycles. The Bertz CT molecular complexity index is 3390. The molecule has 1 heteroatoms. The molecule has 8 aromatic carbocycles. The van der Waals surface area contributed by atoms with Crippen LogP contribution in [0.2, 0.25) is 0 Å². The average molecular weight is 843 g/mol. The van der Waals surface area contributed by atoms with Crippen molar-refractivity contribution in [1.82, 2.24) is 0 Å². The largest absolute Gasteiger partial charge is 0.135 e. The van der Waals surface area contributed by atoms with Crippen LogP contribution in [-0.4, -0.2) is 0 Å². The fourth-order valence-electron chi connectivity index (χ4n) is 13.2. The SMILES string of the molecule is CC1(C)CCC(C)(C)c2cc3c(cc21)-c1cc(C(CCc2ccc4c(c2)sc2ccccc24)c2cccc4c2-c2ccccc2C42c4ccccc4-c4ccccc42)ccc1C3(C)C. The van der Waals surface area contributed by atoms with Gasteiger partial charge in [0.15, 0.2) is 0 Å². The van der Waals surface area contributed by atoms with Crippen molar-refractivity contribution in [1.29, 1.82) is 0 Å². The number of rotatable bonds is 5. The molecule has 4 aliphatic rings. The highest BCUT2D eigenvalue weighted by molar-refractivity contribution is 7.25. The summed E-state index contributed by atoms with van der Waals surface area (Å²) in [7, 11) is 0. The molecule has 1 unspecified atom stereocenters. The molecular formula is C63H54S. The lowest BCUT2D eigenvalue weighted by Gasteiger charge is -2.42. The second-order valence-corrected chi connectivity index (χ2v) is 22.4. The molecule has 64 heavy (non-hydrogen) atoms. The smallest absolute Gasteiger partial charge is 0.0725 e. The summed E-state index contributed by atoms with van der Waals surface area (Å²) >= 11 is 1.93. The molecule has 0 bridgehead atoms. The summed E-state index contributed by atoms with van der Waals surface area (Å²) in [6.07, 6.45) is 4.45. The van der Waals surface area contributed by atoms with Gasteiger partial charge in [0.2, 0.25) is 0 Å². The molecule has 1 heterocycles. The van der Waals surface area contributed by atoms with E-state index >= 15 is 0 Å². The highest BCUT2D eigenvalue weighted by Crippen LogP contribution is 2.64. The third kappa shape index (κ3) is 5.11. The topological polar surface area (TPSA) is 0 Å². The zero-order valence-electron chi connectivity index (χ0n) is 37.9. The van der Waals surface area contributed by atoms with E-state index in [4.69, 9.17) is 0 Å². The van der Waals surface area contributed by atoms with Crippen molar-refractivity contribution in [2.75, 3.05) is 0 Å². The molecule has 0 amide bonds. The summed E-state index contributed by atoms with van der Waals surface area (Å²) in [4.78, 5) is 0. The molecule has 9 aromatic rings. The molecule has 0 saturated carbocycles. The Morgan fingerprint density at radius 3 is 1.77 bits per heavy atom. The maximum Gasteiger partial charge on any atom is 0.0725 e. The third-order valence-electron chi connectivity index (χ3n) is 16.7. The number of thiophene rings is 1. The fraction of sp³-hybridized carbons (Fsp3) is 0.238. The van der Waals surface area contributed by atoms with E-state index in [2.05, 4.69) is 205 Å². The summed E-state index contributed by atoms with van der Waals surface area (Å²) in [5.41, 5.74) is 24.2. The number of fused-ring (bicyclic) bond motifs is 17. The standard InChI is InChI=1S/C63H54S/c1-60(2)32-33-61(3,4)56-37-54-48(36-55(56)60)47-35-39(28-31-49(47)62(54,5)6)40(29-26-38-27-30-44-43-18-10-14-25-57(43)64-58(44)34-38)45-20-15-24-53-59(45)46-19-9-13-23-52(46)63(53)50-21-11-7-16-41(50)42-17-8-12-22-51(42)63/h7-25,27-28,30-31,34-37,40H,26,29,32-33H2,1-6H3. The Kier molecular flexibility index (Phi) is 7.97. The summed E-state index contributed by atoms with van der Waals surface area (Å²) in [6, 6.07) is 64.1. The summed E-state index contributed by atoms with van der Waals surface area (Å²) in [6.45, 7) is 14.8. The van der Waals surface area contributed by atoms with E-state index in [1.807, 2.05) is 11.3 Å². The molecule has 312 valence electrons. The van der Waals surface area contributed by atoms with E-state index in [1.54, 1.807) is 11.1 Å². The maximum absolute atomic E-state index is 2.63. The van der Waals surface area contributed by atoms with Gasteiger partial charge in [-0.2, -0.15) is 0 Å². The van der Waals surface area contributed by atoms with Crippen molar-refractivity contribution in [2.24, 2.45) is 0 Å². The normalized spacial score (nSPS) is 17.7. The second kappa shape index (κ2) is 13.3. The highest BCUT2D eigenvalue weighted by Gasteiger charge is 2.52. The van der Waals surface area contributed by atoms with Gasteiger partial charge in [-0.25, -0.2) is 0 Å². The lowest BCUT2D eigenvalue weighted by molar-refractivity contribution is 0.331. The minimum Gasteiger partial charge on any atom is -0.135 e. The fourth-order valence-corrected chi connectivity index (χ4v) is 14.4. The minimum absolute atomic E-state index is 0.0758. The van der Waals surface area contributed by atoms with E-state index in [0.29, 0.717) is 0 Å². The number of aryl methyl sites for hydroxylation is 1. The number of hydrogen-bond acceptors (Lipinski definition) is 1. The van der Waals surface area contributed by atoms with E-state index in [-0.39, 0.29) is 27.6 Å². The van der Waals surface area contributed by atoms with Crippen LogP contribution in [0.4, 0.5) is 0 Å². The second-order valence-electron chi connectivity index (χ2n) is 21.3. The molecule has 13 rings (SSSR count). The van der Waals surface area contributed by atoms with Crippen LogP contribution in [0.5, 0.6) is 0 Å². The molecule has 4 aliphatic carbocycles. The van der Waals surface area contributed by atoms with Crippen LogP contribution in [0.1, 0.15) is 128 Å². The minimum atomic E-state index is -0.369. The first-order chi connectivity index (χ1) is 31.0. The van der Waals surface area contributed by atoms with Gasteiger partial charge >= 0.3 is 0 Å². The van der Waals surface area contributed by atoms with Crippen molar-refractivity contribution in [3.63, 3.8) is 0 Å². The lowest BCUT2D eigenvalue weighted by Crippen LogP contribution is -2.34. The van der Waals surface area contributed by atoms with Gasteiger partial charge in [-0.1, -0.05) is 187 Å². The van der Waals surface area contributed by atoms with Gasteiger partial charge in [-0.05, 0) is 149 Å². The molecule has 1 atom stereocenters. The first kappa shape index (κ1) is 38.4. The van der Waals surface area contributed by atoms with Crippen molar-refractivity contribution < 1.29 is 0 Å². The van der Waals surface area contributed by atoms with E-state index in [0.717, 1.165) is 12.8 Å². The van der Waals surface area contributed by atoms with Crippen molar-refractivity contribution in [3.05, 3.63) is 225 Å². The molecule has 0 nitrogen and oxygen atoms in total. The molecule has 0 radical (unpaired) electrons. The zero-order chi connectivity index (χ0) is 43.3. The van der Waals surface area contributed by atoms with Crippen molar-refractivity contribution >= 4 is 31.5 Å². The van der Waals surface area contributed by atoms with Gasteiger partial charge in [0.25, 0.3) is 0 Å². The maximum atomic E-state index is 2.63. The van der Waals surface area contributed by atoms with Gasteiger partial charge in [0, 0.05) is 31.5 Å². The Labute approximate surface area is 382 Å². The quantitative estimate of drug-likeness (QED) is 0.162. The molecule has 0 saturated heterocycles. The van der Waals surface area contributed by atoms with Crippen LogP contribution >= 0.6 is 11.3 Å². The third-order valence-corrected chi connectivity index (χ3v) is 17.8. The monoisotopic (exact) mass is 842 g/mol. The first-order valence-corrected chi connectivity index (χ1v) is 24.5. The van der Waals surface area contributed by atoms with Crippen molar-refractivity contribution in [2.45, 2.75) is 94.8 Å². The van der Waals surface area contributed by atoms with Gasteiger partial charge < -0.3 is 0 Å². The number of benzene rings is 8. The molecular weight excluding hydrogens is 789 g/mol. The Balaban J connectivity index is 1.02. The van der Waals surface area contributed by atoms with Crippen LogP contribution < -0.4 is 0 Å². The van der Waals surface area contributed by atoms with Crippen LogP contribution in [0.3, 0.4) is 0 Å².